The molecule has 0 amide bonds. The maximum atomic E-state index is 12.2. The van der Waals surface area contributed by atoms with Gasteiger partial charge in [0.1, 0.15) is 0 Å². The maximum Gasteiger partial charge on any atom is 0.228 e. The van der Waals surface area contributed by atoms with Gasteiger partial charge in [-0.05, 0) is 31.4 Å². The third kappa shape index (κ3) is 1.30. The van der Waals surface area contributed by atoms with Gasteiger partial charge in [0.2, 0.25) is 5.78 Å². The summed E-state index contributed by atoms with van der Waals surface area (Å²) in [6.45, 7) is 2.05. The summed E-state index contributed by atoms with van der Waals surface area (Å²) in [6, 6.07) is 7.88. The topological polar surface area (TPSA) is 30.2 Å². The fourth-order valence-corrected chi connectivity index (χ4v) is 2.27. The molecule has 1 aliphatic carbocycles. The first-order valence-corrected chi connectivity index (χ1v) is 5.46. The molecular formula is C14H12O2. The van der Waals surface area contributed by atoms with Crippen LogP contribution in [0.15, 0.2) is 34.9 Å². The molecule has 0 bridgehead atoms. The van der Waals surface area contributed by atoms with E-state index in [1.807, 2.05) is 25.1 Å². The Labute approximate surface area is 93.9 Å². The number of aryl methyl sites for hydroxylation is 3. The number of ketones is 1. The summed E-state index contributed by atoms with van der Waals surface area (Å²) >= 11 is 0. The molecule has 0 aliphatic heterocycles. The first kappa shape index (κ1) is 9.40. The highest BCUT2D eigenvalue weighted by Gasteiger charge is 2.23. The first-order valence-electron chi connectivity index (χ1n) is 5.46. The van der Waals surface area contributed by atoms with Crippen LogP contribution in [-0.2, 0) is 12.8 Å². The molecule has 80 valence electrons. The third-order valence-corrected chi connectivity index (χ3v) is 3.12. The number of carbonyl (C=O) groups is 1. The van der Waals surface area contributed by atoms with Gasteiger partial charge < -0.3 is 4.42 Å². The van der Waals surface area contributed by atoms with E-state index in [9.17, 15) is 4.79 Å². The Morgan fingerprint density at radius 2 is 1.94 bits per heavy atom. The SMILES string of the molecule is Cc1ccc2c(c1)CCc1ccoc1C2=O. The lowest BCUT2D eigenvalue weighted by Gasteiger charge is -2.04. The highest BCUT2D eigenvalue weighted by atomic mass is 16.3. The monoisotopic (exact) mass is 212 g/mol. The highest BCUT2D eigenvalue weighted by molar-refractivity contribution is 6.09. The van der Waals surface area contributed by atoms with Crippen LogP contribution >= 0.6 is 0 Å². The summed E-state index contributed by atoms with van der Waals surface area (Å²) in [5, 5.41) is 0. The molecule has 0 radical (unpaired) electrons. The molecule has 1 heterocycles. The second-order valence-corrected chi connectivity index (χ2v) is 4.26. The lowest BCUT2D eigenvalue weighted by atomic mass is 10.00. The minimum atomic E-state index is 0.0208. The van der Waals surface area contributed by atoms with Crippen molar-refractivity contribution in [3.05, 3.63) is 58.5 Å². The van der Waals surface area contributed by atoms with Crippen LogP contribution in [0.25, 0.3) is 0 Å². The van der Waals surface area contributed by atoms with Crippen LogP contribution in [0.4, 0.5) is 0 Å². The van der Waals surface area contributed by atoms with Crippen molar-refractivity contribution in [1.82, 2.24) is 0 Å². The predicted octanol–water partition coefficient (Wildman–Crippen LogP) is 2.92. The van der Waals surface area contributed by atoms with E-state index in [0.717, 1.165) is 29.5 Å². The number of hydrogen-bond acceptors (Lipinski definition) is 2. The molecule has 2 aromatic rings. The van der Waals surface area contributed by atoms with Gasteiger partial charge in [-0.15, -0.1) is 0 Å². The molecule has 3 rings (SSSR count). The minimum absolute atomic E-state index is 0.0208. The number of fused-ring (bicyclic) bond motifs is 2. The lowest BCUT2D eigenvalue weighted by molar-refractivity contribution is 0.101. The smallest absolute Gasteiger partial charge is 0.228 e. The van der Waals surface area contributed by atoms with Crippen molar-refractivity contribution in [2.75, 3.05) is 0 Å². The van der Waals surface area contributed by atoms with Gasteiger partial charge in [0.05, 0.1) is 6.26 Å². The molecule has 16 heavy (non-hydrogen) atoms. The number of rotatable bonds is 0. The van der Waals surface area contributed by atoms with Crippen LogP contribution in [0, 0.1) is 6.92 Å². The molecule has 2 nitrogen and oxygen atoms in total. The summed E-state index contributed by atoms with van der Waals surface area (Å²) in [5.41, 5.74) is 4.15. The van der Waals surface area contributed by atoms with Gasteiger partial charge in [0.15, 0.2) is 5.76 Å². The molecular weight excluding hydrogens is 200 g/mol. The van der Waals surface area contributed by atoms with Gasteiger partial charge >= 0.3 is 0 Å². The van der Waals surface area contributed by atoms with Crippen LogP contribution in [-0.4, -0.2) is 5.78 Å². The quantitative estimate of drug-likeness (QED) is 0.672. The van der Waals surface area contributed by atoms with Gasteiger partial charge in [0.25, 0.3) is 0 Å². The molecule has 2 heteroatoms. The highest BCUT2D eigenvalue weighted by Crippen LogP contribution is 2.25. The Hall–Kier alpha value is -1.83. The van der Waals surface area contributed by atoms with Crippen LogP contribution in [0.3, 0.4) is 0 Å². The van der Waals surface area contributed by atoms with E-state index < -0.39 is 0 Å². The number of carbonyl (C=O) groups excluding carboxylic acids is 1. The van der Waals surface area contributed by atoms with E-state index in [0.29, 0.717) is 5.76 Å². The number of benzene rings is 1. The predicted molar refractivity (Wildman–Crippen MR) is 60.7 cm³/mol. The summed E-state index contributed by atoms with van der Waals surface area (Å²) in [7, 11) is 0. The third-order valence-electron chi connectivity index (χ3n) is 3.12. The second-order valence-electron chi connectivity index (χ2n) is 4.26. The van der Waals surface area contributed by atoms with E-state index in [-0.39, 0.29) is 5.78 Å². The fraction of sp³-hybridized carbons (Fsp3) is 0.214. The number of furan rings is 1. The Morgan fingerprint density at radius 1 is 1.12 bits per heavy atom. The molecule has 0 N–H and O–H groups in total. The van der Waals surface area contributed by atoms with Crippen molar-refractivity contribution >= 4 is 5.78 Å². The Balaban J connectivity index is 2.20. The second kappa shape index (κ2) is 3.34. The molecule has 0 fully saturated rings. The summed E-state index contributed by atoms with van der Waals surface area (Å²) in [5.74, 6) is 0.537. The van der Waals surface area contributed by atoms with Crippen molar-refractivity contribution in [2.24, 2.45) is 0 Å². The first-order chi connectivity index (χ1) is 7.75. The van der Waals surface area contributed by atoms with Crippen LogP contribution in [0.2, 0.25) is 0 Å². The van der Waals surface area contributed by atoms with Crippen molar-refractivity contribution in [2.45, 2.75) is 19.8 Å². The molecule has 0 spiro atoms. The fourth-order valence-electron chi connectivity index (χ4n) is 2.27. The molecule has 1 aliphatic rings. The van der Waals surface area contributed by atoms with Crippen LogP contribution in [0.1, 0.15) is 32.8 Å². The molecule has 1 aromatic heterocycles. The zero-order valence-electron chi connectivity index (χ0n) is 9.12. The van der Waals surface area contributed by atoms with E-state index >= 15 is 0 Å². The van der Waals surface area contributed by atoms with Crippen molar-refractivity contribution in [3.63, 3.8) is 0 Å². The average Bonchev–Trinajstić information content (AvgIpc) is 2.69. The van der Waals surface area contributed by atoms with Crippen molar-refractivity contribution in [3.8, 4) is 0 Å². The Bertz CT molecular complexity index is 564. The minimum Gasteiger partial charge on any atom is -0.461 e. The van der Waals surface area contributed by atoms with Gasteiger partial charge in [-0.2, -0.15) is 0 Å². The van der Waals surface area contributed by atoms with E-state index in [1.54, 1.807) is 6.26 Å². The summed E-state index contributed by atoms with van der Waals surface area (Å²) < 4.78 is 5.29. The molecule has 1 aromatic carbocycles. The van der Waals surface area contributed by atoms with E-state index in [4.69, 9.17) is 4.42 Å². The molecule has 0 saturated heterocycles. The summed E-state index contributed by atoms with van der Waals surface area (Å²) in [6.07, 6.45) is 3.39. The van der Waals surface area contributed by atoms with E-state index in [2.05, 4.69) is 6.07 Å². The Kier molecular flexibility index (Phi) is 1.96. The van der Waals surface area contributed by atoms with Gasteiger partial charge in [-0.1, -0.05) is 23.8 Å². The largest absolute Gasteiger partial charge is 0.461 e. The zero-order chi connectivity index (χ0) is 11.1. The maximum absolute atomic E-state index is 12.2. The molecule has 0 unspecified atom stereocenters. The zero-order valence-corrected chi connectivity index (χ0v) is 9.12. The van der Waals surface area contributed by atoms with Crippen molar-refractivity contribution in [1.29, 1.82) is 0 Å². The number of hydrogen-bond donors (Lipinski definition) is 0. The molecule has 0 atom stereocenters. The molecule has 0 saturated carbocycles. The van der Waals surface area contributed by atoms with Crippen molar-refractivity contribution < 1.29 is 9.21 Å². The summed E-state index contributed by atoms with van der Waals surface area (Å²) in [4.78, 5) is 12.2. The normalized spacial score (nSPS) is 14.2. The lowest BCUT2D eigenvalue weighted by Crippen LogP contribution is -2.02. The standard InChI is InChI=1S/C14H12O2/c1-9-2-5-12-11(8-9)4-3-10-6-7-16-14(10)13(12)15/h2,5-8H,3-4H2,1H3. The average molecular weight is 212 g/mol. The van der Waals surface area contributed by atoms with E-state index in [1.165, 1.54) is 5.56 Å². The van der Waals surface area contributed by atoms with Crippen LogP contribution < -0.4 is 0 Å². The van der Waals surface area contributed by atoms with Gasteiger partial charge in [0, 0.05) is 11.1 Å². The Morgan fingerprint density at radius 3 is 2.81 bits per heavy atom. The van der Waals surface area contributed by atoms with Gasteiger partial charge in [-0.3, -0.25) is 4.79 Å². The van der Waals surface area contributed by atoms with Crippen LogP contribution in [0.5, 0.6) is 0 Å². The van der Waals surface area contributed by atoms with Gasteiger partial charge in [-0.25, -0.2) is 0 Å².